The molecule has 0 saturated heterocycles. The number of allylic oxidation sites excluding steroid dienone is 1. The molecule has 1 unspecified atom stereocenters. The molecule has 0 N–H and O–H groups in total. The van der Waals surface area contributed by atoms with Gasteiger partial charge in [0, 0.05) is 6.42 Å². The highest BCUT2D eigenvalue weighted by atomic mass is 16.7. The topological polar surface area (TPSA) is 44.8 Å². The first kappa shape index (κ1) is 30.3. The number of carbonyl (C=O) groups excluding carboxylic acids is 1. The lowest BCUT2D eigenvalue weighted by molar-refractivity contribution is -0.204. The Hall–Kier alpha value is -1.91. The maximum absolute atomic E-state index is 12.4. The zero-order valence-electron chi connectivity index (χ0n) is 23.0. The monoisotopic (exact) mass is 498 g/mol. The van der Waals surface area contributed by atoms with Crippen LogP contribution in [0.2, 0.25) is 0 Å². The maximum atomic E-state index is 12.4. The van der Waals surface area contributed by atoms with Crippen molar-refractivity contribution in [2.24, 2.45) is 0 Å². The molecule has 0 aliphatic heterocycles. The second-order valence-corrected chi connectivity index (χ2v) is 10.0. The number of hydrogen-bond donors (Lipinski definition) is 0. The van der Waals surface area contributed by atoms with Gasteiger partial charge in [0.2, 0.25) is 0 Å². The van der Waals surface area contributed by atoms with E-state index in [1.807, 2.05) is 36.4 Å². The molecular formula is C32H50O4. The lowest BCUT2D eigenvalue weighted by atomic mass is 10.1. The number of carbonyl (C=O) groups is 1. The van der Waals surface area contributed by atoms with Crippen molar-refractivity contribution in [1.29, 1.82) is 0 Å². The molecule has 202 valence electrons. The standard InChI is InChI=1S/C32H50O4/c1-3-5-7-9-11-13-15-20-28-35-32(34-27-19-14-12-10-8-6-4-2)25-23-30(24-26-32)36-31(33)29-21-17-16-18-22-29/h16-18,21-25H,3-15,19-20,26-28H2,1-2H3. The summed E-state index contributed by atoms with van der Waals surface area (Å²) in [6.45, 7) is 5.88. The highest BCUT2D eigenvalue weighted by molar-refractivity contribution is 5.90. The van der Waals surface area contributed by atoms with E-state index >= 15 is 0 Å². The molecule has 0 saturated carbocycles. The molecule has 1 aromatic rings. The molecule has 1 atom stereocenters. The number of rotatable bonds is 21. The van der Waals surface area contributed by atoms with Crippen LogP contribution in [0.5, 0.6) is 0 Å². The van der Waals surface area contributed by atoms with Crippen molar-refractivity contribution in [2.45, 2.75) is 122 Å². The van der Waals surface area contributed by atoms with Crippen LogP contribution in [0.3, 0.4) is 0 Å². The molecule has 0 fully saturated rings. The van der Waals surface area contributed by atoms with Gasteiger partial charge in [-0.3, -0.25) is 0 Å². The summed E-state index contributed by atoms with van der Waals surface area (Å²) in [4.78, 5) is 12.4. The number of hydrogen-bond acceptors (Lipinski definition) is 4. The summed E-state index contributed by atoms with van der Waals surface area (Å²) in [7, 11) is 0. The third kappa shape index (κ3) is 12.9. The second-order valence-electron chi connectivity index (χ2n) is 10.0. The Labute approximate surface area is 220 Å². The van der Waals surface area contributed by atoms with Gasteiger partial charge in [-0.15, -0.1) is 0 Å². The predicted octanol–water partition coefficient (Wildman–Crippen LogP) is 9.31. The van der Waals surface area contributed by atoms with Crippen LogP contribution in [0, 0.1) is 0 Å². The van der Waals surface area contributed by atoms with Gasteiger partial charge in [0.15, 0.2) is 5.79 Å². The van der Waals surface area contributed by atoms with Gasteiger partial charge in [-0.1, -0.05) is 116 Å². The minimum absolute atomic E-state index is 0.345. The van der Waals surface area contributed by atoms with Gasteiger partial charge < -0.3 is 14.2 Å². The van der Waals surface area contributed by atoms with E-state index in [2.05, 4.69) is 13.8 Å². The van der Waals surface area contributed by atoms with Gasteiger partial charge in [0.25, 0.3) is 0 Å². The van der Waals surface area contributed by atoms with Gasteiger partial charge >= 0.3 is 5.97 Å². The molecular weight excluding hydrogens is 448 g/mol. The Morgan fingerprint density at radius 2 is 1.22 bits per heavy atom. The van der Waals surface area contributed by atoms with E-state index in [1.54, 1.807) is 12.1 Å². The fourth-order valence-corrected chi connectivity index (χ4v) is 4.44. The predicted molar refractivity (Wildman–Crippen MR) is 149 cm³/mol. The largest absolute Gasteiger partial charge is 0.423 e. The lowest BCUT2D eigenvalue weighted by Gasteiger charge is -2.32. The first-order valence-electron chi connectivity index (χ1n) is 14.6. The van der Waals surface area contributed by atoms with Crippen molar-refractivity contribution < 1.29 is 19.0 Å². The van der Waals surface area contributed by atoms with Crippen LogP contribution < -0.4 is 0 Å². The highest BCUT2D eigenvalue weighted by Gasteiger charge is 2.31. The molecule has 4 heteroatoms. The van der Waals surface area contributed by atoms with Crippen LogP contribution in [0.4, 0.5) is 0 Å². The minimum atomic E-state index is -0.758. The van der Waals surface area contributed by atoms with Crippen molar-refractivity contribution in [3.63, 3.8) is 0 Å². The van der Waals surface area contributed by atoms with Crippen molar-refractivity contribution in [2.75, 3.05) is 13.2 Å². The Morgan fingerprint density at radius 1 is 0.722 bits per heavy atom. The SMILES string of the molecule is CCCCCCCCCCOC1(OCCCCCCCCC)C=CC(OC(=O)c2ccccc2)=CC1. The third-order valence-electron chi connectivity index (χ3n) is 6.75. The van der Waals surface area contributed by atoms with Crippen molar-refractivity contribution >= 4 is 5.97 Å². The first-order chi connectivity index (χ1) is 17.7. The minimum Gasteiger partial charge on any atom is -0.423 e. The van der Waals surface area contributed by atoms with Crippen LogP contribution in [0.15, 0.2) is 54.3 Å². The summed E-state index contributed by atoms with van der Waals surface area (Å²) >= 11 is 0. The molecule has 0 amide bonds. The molecule has 1 aliphatic rings. The molecule has 0 heterocycles. The molecule has 1 aromatic carbocycles. The van der Waals surface area contributed by atoms with Gasteiger partial charge in [-0.25, -0.2) is 4.79 Å². The number of esters is 1. The molecule has 2 rings (SSSR count). The zero-order chi connectivity index (χ0) is 25.7. The smallest absolute Gasteiger partial charge is 0.343 e. The highest BCUT2D eigenvalue weighted by Crippen LogP contribution is 2.28. The van der Waals surface area contributed by atoms with Gasteiger partial charge in [0.1, 0.15) is 5.76 Å². The Bertz CT molecular complexity index is 755. The quantitative estimate of drug-likeness (QED) is 0.0962. The number of ether oxygens (including phenoxy) is 3. The van der Waals surface area contributed by atoms with Crippen LogP contribution in [-0.2, 0) is 14.2 Å². The van der Waals surface area contributed by atoms with Gasteiger partial charge in [-0.2, -0.15) is 0 Å². The zero-order valence-corrected chi connectivity index (χ0v) is 23.0. The Morgan fingerprint density at radius 3 is 1.69 bits per heavy atom. The van der Waals surface area contributed by atoms with Crippen LogP contribution in [0.1, 0.15) is 127 Å². The summed E-state index contributed by atoms with van der Waals surface area (Å²) in [5.41, 5.74) is 0.546. The van der Waals surface area contributed by atoms with Crippen LogP contribution in [-0.4, -0.2) is 25.0 Å². The molecule has 1 aliphatic carbocycles. The summed E-state index contributed by atoms with van der Waals surface area (Å²) in [5.74, 6) is -0.552. The fraction of sp³-hybridized carbons (Fsp3) is 0.656. The van der Waals surface area contributed by atoms with E-state index in [0.717, 1.165) is 12.8 Å². The summed E-state index contributed by atoms with van der Waals surface area (Å²) < 4.78 is 18.2. The van der Waals surface area contributed by atoms with E-state index < -0.39 is 5.79 Å². The third-order valence-corrected chi connectivity index (χ3v) is 6.75. The molecule has 36 heavy (non-hydrogen) atoms. The molecule has 4 nitrogen and oxygen atoms in total. The fourth-order valence-electron chi connectivity index (χ4n) is 4.44. The summed E-state index contributed by atoms with van der Waals surface area (Å²) in [6, 6.07) is 9.08. The molecule has 0 spiro atoms. The molecule has 0 aromatic heterocycles. The normalized spacial score (nSPS) is 17.2. The van der Waals surface area contributed by atoms with E-state index in [9.17, 15) is 4.79 Å². The van der Waals surface area contributed by atoms with Crippen LogP contribution >= 0.6 is 0 Å². The maximum Gasteiger partial charge on any atom is 0.343 e. The number of benzene rings is 1. The molecule has 0 radical (unpaired) electrons. The van der Waals surface area contributed by atoms with E-state index in [1.165, 1.54) is 83.5 Å². The Kier molecular flexibility index (Phi) is 16.2. The van der Waals surface area contributed by atoms with Crippen molar-refractivity contribution in [1.82, 2.24) is 0 Å². The van der Waals surface area contributed by atoms with Crippen LogP contribution in [0.25, 0.3) is 0 Å². The lowest BCUT2D eigenvalue weighted by Crippen LogP contribution is -2.35. The Balaban J connectivity index is 1.78. The van der Waals surface area contributed by atoms with Gasteiger partial charge in [0.05, 0.1) is 18.8 Å². The van der Waals surface area contributed by atoms with Crippen molar-refractivity contribution in [3.8, 4) is 0 Å². The molecule has 0 bridgehead atoms. The second kappa shape index (κ2) is 19.2. The first-order valence-corrected chi connectivity index (χ1v) is 14.6. The van der Waals surface area contributed by atoms with E-state index in [-0.39, 0.29) is 5.97 Å². The number of unbranched alkanes of at least 4 members (excludes halogenated alkanes) is 13. The average molecular weight is 499 g/mol. The average Bonchev–Trinajstić information content (AvgIpc) is 2.91. The van der Waals surface area contributed by atoms with Crippen molar-refractivity contribution in [3.05, 3.63) is 59.9 Å². The van der Waals surface area contributed by atoms with E-state index in [0.29, 0.717) is 31.0 Å². The van der Waals surface area contributed by atoms with E-state index in [4.69, 9.17) is 14.2 Å². The van der Waals surface area contributed by atoms with Gasteiger partial charge in [-0.05, 0) is 43.2 Å². The summed E-state index contributed by atoms with van der Waals surface area (Å²) in [6.07, 6.45) is 25.2. The summed E-state index contributed by atoms with van der Waals surface area (Å²) in [5, 5.41) is 0.